The molecule has 0 spiro atoms. The van der Waals surface area contributed by atoms with E-state index in [2.05, 4.69) is 46.7 Å². The van der Waals surface area contributed by atoms with Crippen LogP contribution in [-0.4, -0.2) is 35.1 Å². The number of hydrogen-bond acceptors (Lipinski definition) is 7. The predicted octanol–water partition coefficient (Wildman–Crippen LogP) is 8.73. The van der Waals surface area contributed by atoms with E-state index < -0.39 is 22.7 Å². The number of benzene rings is 4. The molecule has 2 aromatic heterocycles. The molecular formula is C43H36F2N4O2S. The molecule has 260 valence electrons. The van der Waals surface area contributed by atoms with E-state index in [1.165, 1.54) is 6.07 Å². The largest absolute Gasteiger partial charge is 0.495 e. The fourth-order valence-electron chi connectivity index (χ4n) is 7.86. The van der Waals surface area contributed by atoms with Crippen LogP contribution in [0.2, 0.25) is 0 Å². The minimum Gasteiger partial charge on any atom is -0.495 e. The summed E-state index contributed by atoms with van der Waals surface area (Å²) in [7, 11) is 3.20. The van der Waals surface area contributed by atoms with Gasteiger partial charge < -0.3 is 14.8 Å². The Hall–Kier alpha value is -5.54. The summed E-state index contributed by atoms with van der Waals surface area (Å²) < 4.78 is 42.1. The first kappa shape index (κ1) is 33.6. The van der Waals surface area contributed by atoms with Crippen molar-refractivity contribution < 1.29 is 18.3 Å². The molecular weight excluding hydrogens is 675 g/mol. The molecule has 3 heterocycles. The van der Waals surface area contributed by atoms with Crippen LogP contribution in [0.15, 0.2) is 139 Å². The smallest absolute Gasteiger partial charge is 0.216 e. The second kappa shape index (κ2) is 13.9. The lowest BCUT2D eigenvalue weighted by atomic mass is 9.66. The van der Waals surface area contributed by atoms with Gasteiger partial charge in [-0.25, -0.2) is 13.8 Å². The number of fused-ring (bicyclic) bond motifs is 2. The summed E-state index contributed by atoms with van der Waals surface area (Å²) in [6.07, 6.45) is 6.11. The van der Waals surface area contributed by atoms with Crippen molar-refractivity contribution >= 4 is 16.9 Å². The Morgan fingerprint density at radius 2 is 1.42 bits per heavy atom. The van der Waals surface area contributed by atoms with Crippen LogP contribution < -0.4 is 14.8 Å². The summed E-state index contributed by atoms with van der Waals surface area (Å²) in [5.74, 6) is 0.277. The van der Waals surface area contributed by atoms with Gasteiger partial charge in [0.2, 0.25) is 5.88 Å². The minimum atomic E-state index is -1.10. The molecule has 2 aliphatic rings. The number of nitrogens with one attached hydrogen (secondary N) is 1. The van der Waals surface area contributed by atoms with Gasteiger partial charge in [-0.15, -0.1) is 0 Å². The van der Waals surface area contributed by atoms with E-state index in [9.17, 15) is 4.39 Å². The van der Waals surface area contributed by atoms with E-state index >= 15 is 4.39 Å². The van der Waals surface area contributed by atoms with Crippen molar-refractivity contribution in [3.8, 4) is 22.8 Å². The Morgan fingerprint density at radius 1 is 0.769 bits per heavy atom. The van der Waals surface area contributed by atoms with Crippen molar-refractivity contribution in [2.45, 2.75) is 23.9 Å². The number of nitrogens with zero attached hydrogens (tertiary/aromatic N) is 3. The fourth-order valence-corrected chi connectivity index (χ4v) is 9.06. The van der Waals surface area contributed by atoms with Crippen LogP contribution in [0.3, 0.4) is 0 Å². The molecule has 6 aromatic rings. The zero-order valence-electron chi connectivity index (χ0n) is 28.7. The molecule has 6 nitrogen and oxygen atoms in total. The molecule has 52 heavy (non-hydrogen) atoms. The van der Waals surface area contributed by atoms with E-state index in [1.807, 2.05) is 60.7 Å². The summed E-state index contributed by atoms with van der Waals surface area (Å²) >= 11 is 1.62. The highest BCUT2D eigenvalue weighted by Gasteiger charge is 2.51. The van der Waals surface area contributed by atoms with Gasteiger partial charge in [-0.1, -0.05) is 109 Å². The molecule has 1 aliphatic heterocycles. The molecule has 4 aromatic carbocycles. The van der Waals surface area contributed by atoms with Gasteiger partial charge in [0.05, 0.1) is 26.0 Å². The van der Waals surface area contributed by atoms with Crippen LogP contribution in [0.25, 0.3) is 11.1 Å². The van der Waals surface area contributed by atoms with Crippen LogP contribution in [0.1, 0.15) is 33.4 Å². The standard InChI is InChI=1S/C43H36F2N4O2S/c1-50-34-20-28(24-46-25-34)37-26-47-40(51-2)36-23-42(38-19-18-33(44)22-39(38)45)32(21-35(36)37)27-52-41(48-42)49-43(29-12-6-3-7-13-29,30-14-8-4-9-15-30)31-16-10-5-11-17-31/h3-20,22,24-26,32H,21,23,27H2,1-2H3,(H,48,49)/t32-,42-/m0/s1. The lowest BCUT2D eigenvalue weighted by Crippen LogP contribution is -2.52. The second-order valence-electron chi connectivity index (χ2n) is 13.1. The van der Waals surface area contributed by atoms with Crippen molar-refractivity contribution in [3.63, 3.8) is 0 Å². The number of aliphatic imine (C=N–C) groups is 1. The lowest BCUT2D eigenvalue weighted by molar-refractivity contribution is 0.261. The Morgan fingerprint density at radius 3 is 2.02 bits per heavy atom. The SMILES string of the molecule is COc1cncc(-c2cnc(OC)c3c2C[C@H]2CSC(NC(c4ccccc4)(c4ccccc4)c4ccccc4)=N[C@@]2(c2ccc(F)cc2F)C3)c1. The lowest BCUT2D eigenvalue weighted by Gasteiger charge is -2.47. The van der Waals surface area contributed by atoms with E-state index in [1.54, 1.807) is 50.6 Å². The quantitative estimate of drug-likeness (QED) is 0.160. The minimum absolute atomic E-state index is 0.153. The number of thioether (sulfide) groups is 1. The van der Waals surface area contributed by atoms with Crippen molar-refractivity contribution in [1.29, 1.82) is 0 Å². The summed E-state index contributed by atoms with van der Waals surface area (Å²) in [5, 5.41) is 4.58. The number of aromatic nitrogens is 2. The number of pyridine rings is 2. The van der Waals surface area contributed by atoms with Crippen LogP contribution >= 0.6 is 11.8 Å². The number of rotatable bonds is 8. The van der Waals surface area contributed by atoms with Crippen LogP contribution in [-0.2, 0) is 23.9 Å². The molecule has 0 amide bonds. The molecule has 0 fully saturated rings. The normalized spacial score (nSPS) is 18.1. The molecule has 0 radical (unpaired) electrons. The Kier molecular flexibility index (Phi) is 8.97. The first-order valence-corrected chi connectivity index (χ1v) is 18.1. The van der Waals surface area contributed by atoms with E-state index in [4.69, 9.17) is 19.5 Å². The van der Waals surface area contributed by atoms with Gasteiger partial charge in [0, 0.05) is 58.8 Å². The third kappa shape index (κ3) is 5.79. The van der Waals surface area contributed by atoms with Crippen molar-refractivity contribution in [3.05, 3.63) is 179 Å². The van der Waals surface area contributed by atoms with Gasteiger partial charge in [0.1, 0.15) is 22.9 Å². The maximum absolute atomic E-state index is 16.2. The molecule has 0 saturated heterocycles. The number of amidine groups is 1. The van der Waals surface area contributed by atoms with Crippen molar-refractivity contribution in [2.75, 3.05) is 20.0 Å². The van der Waals surface area contributed by atoms with Gasteiger partial charge in [0.25, 0.3) is 0 Å². The predicted molar refractivity (Wildman–Crippen MR) is 202 cm³/mol. The monoisotopic (exact) mass is 710 g/mol. The van der Waals surface area contributed by atoms with Gasteiger partial charge >= 0.3 is 0 Å². The molecule has 2 atom stereocenters. The van der Waals surface area contributed by atoms with Crippen molar-refractivity contribution in [1.82, 2.24) is 15.3 Å². The summed E-state index contributed by atoms with van der Waals surface area (Å²) in [6, 6.07) is 36.7. The molecule has 0 unspecified atom stereocenters. The zero-order valence-corrected chi connectivity index (χ0v) is 29.5. The average Bonchev–Trinajstić information content (AvgIpc) is 3.19. The van der Waals surface area contributed by atoms with Crippen molar-refractivity contribution in [2.24, 2.45) is 10.9 Å². The number of halogens is 2. The van der Waals surface area contributed by atoms with E-state index in [0.29, 0.717) is 34.5 Å². The summed E-state index contributed by atoms with van der Waals surface area (Å²) in [4.78, 5) is 14.7. The number of ether oxygens (including phenoxy) is 2. The fraction of sp³-hybridized carbons (Fsp3) is 0.186. The number of methoxy groups -OCH3 is 2. The van der Waals surface area contributed by atoms with Gasteiger partial charge in [-0.3, -0.25) is 9.98 Å². The highest BCUT2D eigenvalue weighted by molar-refractivity contribution is 8.13. The second-order valence-corrected chi connectivity index (χ2v) is 14.1. The molecule has 8 rings (SSSR count). The molecule has 0 saturated carbocycles. The first-order chi connectivity index (χ1) is 25.4. The van der Waals surface area contributed by atoms with Gasteiger partial charge in [-0.05, 0) is 40.8 Å². The van der Waals surface area contributed by atoms with Gasteiger partial charge in [0.15, 0.2) is 5.17 Å². The maximum atomic E-state index is 16.2. The van der Waals surface area contributed by atoms with Crippen LogP contribution in [0.5, 0.6) is 11.6 Å². The topological polar surface area (TPSA) is 68.6 Å². The van der Waals surface area contributed by atoms with Crippen LogP contribution in [0, 0.1) is 17.6 Å². The zero-order chi connectivity index (χ0) is 35.7. The molecule has 9 heteroatoms. The Balaban J connectivity index is 1.34. The third-order valence-electron chi connectivity index (χ3n) is 10.3. The highest BCUT2D eigenvalue weighted by Crippen LogP contribution is 2.52. The summed E-state index contributed by atoms with van der Waals surface area (Å²) in [5.41, 5.74) is 5.11. The Labute approximate surface area is 306 Å². The third-order valence-corrected chi connectivity index (χ3v) is 11.4. The Bertz CT molecular complexity index is 2160. The van der Waals surface area contributed by atoms with Gasteiger partial charge in [-0.2, -0.15) is 0 Å². The number of hydrogen-bond donors (Lipinski definition) is 1. The first-order valence-electron chi connectivity index (χ1n) is 17.1. The van der Waals surface area contributed by atoms with Crippen LogP contribution in [0.4, 0.5) is 8.78 Å². The average molecular weight is 711 g/mol. The molecule has 1 N–H and O–H groups in total. The van der Waals surface area contributed by atoms with E-state index in [-0.39, 0.29) is 12.3 Å². The maximum Gasteiger partial charge on any atom is 0.216 e. The molecule has 1 aliphatic carbocycles. The van der Waals surface area contributed by atoms with E-state index in [0.717, 1.165) is 45.0 Å². The highest BCUT2D eigenvalue weighted by atomic mass is 32.2. The summed E-state index contributed by atoms with van der Waals surface area (Å²) in [6.45, 7) is 0. The molecule has 0 bridgehead atoms.